The summed E-state index contributed by atoms with van der Waals surface area (Å²) in [4.78, 5) is 12.9. The molecule has 1 rings (SSSR count). The van der Waals surface area contributed by atoms with Gasteiger partial charge in [-0.2, -0.15) is 0 Å². The summed E-state index contributed by atoms with van der Waals surface area (Å²) in [6, 6.07) is 0. The number of carbonyl (C=O) groups is 1. The molecule has 1 heterocycles. The van der Waals surface area contributed by atoms with Crippen molar-refractivity contribution in [2.24, 2.45) is 0 Å². The fourth-order valence-electron chi connectivity index (χ4n) is 10.2. The van der Waals surface area contributed by atoms with Gasteiger partial charge in [0, 0.05) is 13.0 Å². The van der Waals surface area contributed by atoms with Gasteiger partial charge >= 0.3 is 5.97 Å². The third kappa shape index (κ3) is 45.4. The molecule has 0 bridgehead atoms. The van der Waals surface area contributed by atoms with Gasteiger partial charge in [-0.25, -0.2) is 0 Å². The van der Waals surface area contributed by atoms with Crippen molar-refractivity contribution in [3.8, 4) is 0 Å². The predicted molar refractivity (Wildman–Crippen MR) is 307 cm³/mol. The first kappa shape index (κ1) is 69.7. The van der Waals surface area contributed by atoms with Crippen LogP contribution in [0.1, 0.15) is 316 Å². The molecule has 6 atom stereocenters. The maximum absolute atomic E-state index is 12.9. The standard InChI is InChI=1S/C64H122O9/c1-3-5-7-9-11-13-15-17-19-21-23-25-27-29-30-32-34-36-38-40-42-44-46-48-50-52-54-70-56-58(57-71-64-63(69)62(68)61(67)59(55-65)73-64)72-60(66)53-51-49-47-45-43-41-39-37-35-33-31-28-26-24-22-20-18-16-14-12-10-8-6-4-2/h15,17,21,23,58-59,61-65,67-69H,3-14,16,18-20,22,24-57H2,1-2H3/b17-15-,23-21-. The van der Waals surface area contributed by atoms with Crippen LogP contribution in [0.4, 0.5) is 0 Å². The summed E-state index contributed by atoms with van der Waals surface area (Å²) in [6.45, 7) is 4.62. The van der Waals surface area contributed by atoms with Crippen LogP contribution in [0.15, 0.2) is 24.3 Å². The zero-order chi connectivity index (χ0) is 52.8. The molecule has 73 heavy (non-hydrogen) atoms. The van der Waals surface area contributed by atoms with E-state index in [0.717, 1.165) is 38.5 Å². The topological polar surface area (TPSA) is 135 Å². The van der Waals surface area contributed by atoms with Crippen molar-refractivity contribution in [1.29, 1.82) is 0 Å². The Bertz CT molecular complexity index is 1180. The predicted octanol–water partition coefficient (Wildman–Crippen LogP) is 17.2. The lowest BCUT2D eigenvalue weighted by Crippen LogP contribution is -2.59. The van der Waals surface area contributed by atoms with Crippen LogP contribution in [0, 0.1) is 0 Å². The van der Waals surface area contributed by atoms with E-state index in [1.54, 1.807) is 0 Å². The van der Waals surface area contributed by atoms with Gasteiger partial charge in [-0.3, -0.25) is 4.79 Å². The summed E-state index contributed by atoms with van der Waals surface area (Å²) in [7, 11) is 0. The summed E-state index contributed by atoms with van der Waals surface area (Å²) in [6.07, 6.45) is 62.5. The fraction of sp³-hybridized carbons (Fsp3) is 0.922. The van der Waals surface area contributed by atoms with Gasteiger partial charge < -0.3 is 39.4 Å². The van der Waals surface area contributed by atoms with Crippen molar-refractivity contribution in [3.63, 3.8) is 0 Å². The lowest BCUT2D eigenvalue weighted by molar-refractivity contribution is -0.305. The molecule has 1 aliphatic heterocycles. The molecular weight excluding hydrogens is 913 g/mol. The van der Waals surface area contributed by atoms with Crippen LogP contribution < -0.4 is 0 Å². The Labute approximate surface area is 451 Å². The molecule has 0 amide bonds. The van der Waals surface area contributed by atoms with Crippen LogP contribution in [0.5, 0.6) is 0 Å². The number of allylic oxidation sites excluding steroid dienone is 4. The van der Waals surface area contributed by atoms with Gasteiger partial charge in [-0.15, -0.1) is 0 Å². The molecule has 0 aliphatic carbocycles. The molecule has 0 aromatic rings. The third-order valence-electron chi connectivity index (χ3n) is 15.1. The molecule has 9 nitrogen and oxygen atoms in total. The molecule has 0 aromatic heterocycles. The zero-order valence-corrected chi connectivity index (χ0v) is 48.2. The van der Waals surface area contributed by atoms with E-state index in [1.807, 2.05) is 0 Å². The summed E-state index contributed by atoms with van der Waals surface area (Å²) in [5.74, 6) is -0.304. The highest BCUT2D eigenvalue weighted by Crippen LogP contribution is 2.23. The largest absolute Gasteiger partial charge is 0.457 e. The number of rotatable bonds is 57. The van der Waals surface area contributed by atoms with Crippen molar-refractivity contribution >= 4 is 5.97 Å². The van der Waals surface area contributed by atoms with Crippen LogP contribution in [-0.4, -0.2) is 89.6 Å². The van der Waals surface area contributed by atoms with Crippen molar-refractivity contribution in [1.82, 2.24) is 0 Å². The lowest BCUT2D eigenvalue weighted by Gasteiger charge is -2.39. The van der Waals surface area contributed by atoms with Gasteiger partial charge in [0.05, 0.1) is 19.8 Å². The molecule has 9 heteroatoms. The third-order valence-corrected chi connectivity index (χ3v) is 15.1. The van der Waals surface area contributed by atoms with Crippen molar-refractivity contribution in [3.05, 3.63) is 24.3 Å². The molecule has 0 spiro atoms. The first-order chi connectivity index (χ1) is 35.9. The van der Waals surface area contributed by atoms with Crippen molar-refractivity contribution in [2.45, 2.75) is 352 Å². The maximum atomic E-state index is 12.9. The fourth-order valence-corrected chi connectivity index (χ4v) is 10.2. The zero-order valence-electron chi connectivity index (χ0n) is 48.2. The second-order valence-corrected chi connectivity index (χ2v) is 22.2. The monoisotopic (exact) mass is 1030 g/mol. The van der Waals surface area contributed by atoms with Crippen LogP contribution in [0.25, 0.3) is 0 Å². The summed E-state index contributed by atoms with van der Waals surface area (Å²) >= 11 is 0. The van der Waals surface area contributed by atoms with Gasteiger partial charge in [0.2, 0.25) is 0 Å². The maximum Gasteiger partial charge on any atom is 0.306 e. The average molecular weight is 1040 g/mol. The molecule has 6 unspecified atom stereocenters. The highest BCUT2D eigenvalue weighted by Gasteiger charge is 2.44. The minimum Gasteiger partial charge on any atom is -0.457 e. The number of hydrogen-bond donors (Lipinski definition) is 4. The Kier molecular flexibility index (Phi) is 52.9. The molecule has 0 radical (unpaired) electrons. The molecular formula is C64H122O9. The summed E-state index contributed by atoms with van der Waals surface area (Å²) < 4.78 is 23.0. The summed E-state index contributed by atoms with van der Waals surface area (Å²) in [5.41, 5.74) is 0. The number of carbonyl (C=O) groups excluding carboxylic acids is 1. The molecule has 1 saturated heterocycles. The Morgan fingerprint density at radius 1 is 0.438 bits per heavy atom. The molecule has 1 fully saturated rings. The second kappa shape index (κ2) is 55.4. The normalized spacial score (nSPS) is 18.7. The van der Waals surface area contributed by atoms with Crippen LogP contribution >= 0.6 is 0 Å². The van der Waals surface area contributed by atoms with Gasteiger partial charge in [-0.1, -0.05) is 289 Å². The Morgan fingerprint density at radius 2 is 0.795 bits per heavy atom. The van der Waals surface area contributed by atoms with E-state index >= 15 is 0 Å². The van der Waals surface area contributed by atoms with Gasteiger partial charge in [-0.05, 0) is 44.9 Å². The van der Waals surface area contributed by atoms with E-state index in [-0.39, 0.29) is 19.2 Å². The number of esters is 1. The highest BCUT2D eigenvalue weighted by molar-refractivity contribution is 5.69. The van der Waals surface area contributed by atoms with E-state index in [9.17, 15) is 25.2 Å². The molecule has 0 aromatic carbocycles. The lowest BCUT2D eigenvalue weighted by atomic mass is 9.99. The number of ether oxygens (including phenoxy) is 4. The van der Waals surface area contributed by atoms with E-state index < -0.39 is 43.4 Å². The van der Waals surface area contributed by atoms with Gasteiger partial charge in [0.15, 0.2) is 6.29 Å². The number of aliphatic hydroxyl groups excluding tert-OH is 4. The van der Waals surface area contributed by atoms with Gasteiger partial charge in [0.25, 0.3) is 0 Å². The summed E-state index contributed by atoms with van der Waals surface area (Å²) in [5, 5.41) is 40.4. The van der Waals surface area contributed by atoms with E-state index in [1.165, 1.54) is 257 Å². The first-order valence-electron chi connectivity index (χ1n) is 31.9. The van der Waals surface area contributed by atoms with Crippen molar-refractivity contribution < 1.29 is 44.2 Å². The quantitative estimate of drug-likeness (QED) is 0.0267. The Morgan fingerprint density at radius 3 is 1.18 bits per heavy atom. The van der Waals surface area contributed by atoms with E-state index in [2.05, 4.69) is 38.2 Å². The number of hydrogen-bond acceptors (Lipinski definition) is 9. The molecule has 1 aliphatic rings. The number of aliphatic hydroxyl groups is 4. The van der Waals surface area contributed by atoms with Crippen LogP contribution in [-0.2, 0) is 23.7 Å². The smallest absolute Gasteiger partial charge is 0.306 e. The van der Waals surface area contributed by atoms with E-state index in [0.29, 0.717) is 13.0 Å². The SMILES string of the molecule is CCCCCCC/C=C\C/C=C\CCCCCCCCCCCCCCCCOCC(COC1OC(CO)C(O)C(O)C1O)OC(=O)CCCCCCCCCCCCCCCCCCCCCCCCCC. The average Bonchev–Trinajstić information content (AvgIpc) is 3.39. The Balaban J connectivity index is 2.10. The van der Waals surface area contributed by atoms with Crippen LogP contribution in [0.3, 0.4) is 0 Å². The second-order valence-electron chi connectivity index (χ2n) is 22.2. The highest BCUT2D eigenvalue weighted by atomic mass is 16.7. The Hall–Kier alpha value is -1.33. The first-order valence-corrected chi connectivity index (χ1v) is 31.9. The van der Waals surface area contributed by atoms with Crippen LogP contribution in [0.2, 0.25) is 0 Å². The molecule has 432 valence electrons. The minimum absolute atomic E-state index is 0.108. The van der Waals surface area contributed by atoms with Crippen molar-refractivity contribution in [2.75, 3.05) is 26.4 Å². The molecule has 4 N–H and O–H groups in total. The minimum atomic E-state index is -1.53. The van der Waals surface area contributed by atoms with E-state index in [4.69, 9.17) is 18.9 Å². The molecule has 0 saturated carbocycles. The van der Waals surface area contributed by atoms with Gasteiger partial charge in [0.1, 0.15) is 30.5 Å². The number of unbranched alkanes of at least 4 members (excludes halogenated alkanes) is 42.